The van der Waals surface area contributed by atoms with Gasteiger partial charge in [-0.25, -0.2) is 0 Å². The Bertz CT molecular complexity index is 192. The Balaban J connectivity index is 1.84. The number of rotatable bonds is 2. The van der Waals surface area contributed by atoms with Gasteiger partial charge in [0, 0.05) is 0 Å². The molecule has 2 rings (SSSR count). The van der Waals surface area contributed by atoms with Crippen LogP contribution in [0.4, 0.5) is 0 Å². The summed E-state index contributed by atoms with van der Waals surface area (Å²) < 4.78 is 0. The molecule has 1 N–H and O–H groups in total. The first-order valence-electron chi connectivity index (χ1n) is 5.52. The lowest BCUT2D eigenvalue weighted by atomic mass is 9.94. The number of hydrogen-bond acceptors (Lipinski definition) is 1. The standard InChI is InChI=1S/C11H18O2/c12-11(13)10-7-9(10)8-5-3-1-2-4-6-8/h8-10H,1-7H2,(H,12,13). The summed E-state index contributed by atoms with van der Waals surface area (Å²) in [7, 11) is 0. The molecule has 2 nitrogen and oxygen atoms in total. The first kappa shape index (κ1) is 9.04. The van der Waals surface area contributed by atoms with Gasteiger partial charge in [-0.3, -0.25) is 4.79 Å². The summed E-state index contributed by atoms with van der Waals surface area (Å²) in [5.74, 6) is 0.733. The van der Waals surface area contributed by atoms with E-state index >= 15 is 0 Å². The predicted molar refractivity (Wildman–Crippen MR) is 50.4 cm³/mol. The Kier molecular flexibility index (Phi) is 2.56. The van der Waals surface area contributed by atoms with Gasteiger partial charge < -0.3 is 5.11 Å². The van der Waals surface area contributed by atoms with Crippen LogP contribution in [0.3, 0.4) is 0 Å². The summed E-state index contributed by atoms with van der Waals surface area (Å²) in [4.78, 5) is 10.7. The van der Waals surface area contributed by atoms with Crippen molar-refractivity contribution in [1.29, 1.82) is 0 Å². The summed E-state index contributed by atoms with van der Waals surface area (Å²) in [5.41, 5.74) is 0. The van der Waals surface area contributed by atoms with Crippen LogP contribution in [0.15, 0.2) is 0 Å². The fraction of sp³-hybridized carbons (Fsp3) is 0.909. The largest absolute Gasteiger partial charge is 0.481 e. The Hall–Kier alpha value is -0.530. The highest BCUT2D eigenvalue weighted by Gasteiger charge is 2.47. The third-order valence-electron chi connectivity index (χ3n) is 3.66. The van der Waals surface area contributed by atoms with E-state index < -0.39 is 5.97 Å². The van der Waals surface area contributed by atoms with E-state index in [2.05, 4.69) is 0 Å². The second kappa shape index (κ2) is 3.69. The van der Waals surface area contributed by atoms with Crippen molar-refractivity contribution in [2.75, 3.05) is 0 Å². The van der Waals surface area contributed by atoms with Crippen molar-refractivity contribution in [2.24, 2.45) is 17.8 Å². The normalized spacial score (nSPS) is 35.4. The second-order valence-corrected chi connectivity index (χ2v) is 4.60. The van der Waals surface area contributed by atoms with E-state index in [-0.39, 0.29) is 5.92 Å². The molecule has 0 aromatic carbocycles. The van der Waals surface area contributed by atoms with Crippen molar-refractivity contribution in [1.82, 2.24) is 0 Å². The Morgan fingerprint density at radius 3 is 2.15 bits per heavy atom. The van der Waals surface area contributed by atoms with Gasteiger partial charge in [0.25, 0.3) is 0 Å². The van der Waals surface area contributed by atoms with Gasteiger partial charge in [-0.1, -0.05) is 38.5 Å². The average Bonchev–Trinajstić information content (AvgIpc) is 2.89. The van der Waals surface area contributed by atoms with Crippen molar-refractivity contribution in [3.63, 3.8) is 0 Å². The zero-order valence-corrected chi connectivity index (χ0v) is 8.04. The van der Waals surface area contributed by atoms with Crippen molar-refractivity contribution < 1.29 is 9.90 Å². The lowest BCUT2D eigenvalue weighted by Gasteiger charge is -2.12. The van der Waals surface area contributed by atoms with E-state index in [4.69, 9.17) is 5.11 Å². The molecule has 0 spiro atoms. The number of carbonyl (C=O) groups is 1. The minimum atomic E-state index is -0.561. The van der Waals surface area contributed by atoms with Gasteiger partial charge in [0.2, 0.25) is 0 Å². The van der Waals surface area contributed by atoms with Gasteiger partial charge in [-0.05, 0) is 18.3 Å². The molecular weight excluding hydrogens is 164 g/mol. The Morgan fingerprint density at radius 2 is 1.69 bits per heavy atom. The minimum Gasteiger partial charge on any atom is -0.481 e. The number of carboxylic acids is 1. The van der Waals surface area contributed by atoms with Crippen LogP contribution >= 0.6 is 0 Å². The van der Waals surface area contributed by atoms with Crippen molar-refractivity contribution in [3.8, 4) is 0 Å². The monoisotopic (exact) mass is 182 g/mol. The molecule has 2 atom stereocenters. The summed E-state index contributed by atoms with van der Waals surface area (Å²) >= 11 is 0. The molecule has 0 amide bonds. The van der Waals surface area contributed by atoms with Crippen LogP contribution in [-0.4, -0.2) is 11.1 Å². The molecule has 2 fully saturated rings. The molecule has 0 heterocycles. The topological polar surface area (TPSA) is 37.3 Å². The van der Waals surface area contributed by atoms with E-state index in [0.717, 1.165) is 12.3 Å². The van der Waals surface area contributed by atoms with E-state index in [0.29, 0.717) is 5.92 Å². The van der Waals surface area contributed by atoms with E-state index in [1.165, 1.54) is 38.5 Å². The third kappa shape index (κ3) is 2.04. The highest BCUT2D eigenvalue weighted by atomic mass is 16.4. The number of aliphatic carboxylic acids is 1. The highest BCUT2D eigenvalue weighted by Crippen LogP contribution is 2.48. The van der Waals surface area contributed by atoms with Gasteiger partial charge in [-0.15, -0.1) is 0 Å². The molecule has 0 aliphatic heterocycles. The molecule has 0 bridgehead atoms. The molecule has 0 radical (unpaired) electrons. The van der Waals surface area contributed by atoms with Gasteiger partial charge in [0.1, 0.15) is 0 Å². The van der Waals surface area contributed by atoms with E-state index in [9.17, 15) is 4.79 Å². The highest BCUT2D eigenvalue weighted by molar-refractivity contribution is 5.73. The van der Waals surface area contributed by atoms with Crippen LogP contribution in [-0.2, 0) is 4.79 Å². The Morgan fingerprint density at radius 1 is 1.08 bits per heavy atom. The number of hydrogen-bond donors (Lipinski definition) is 1. The smallest absolute Gasteiger partial charge is 0.306 e. The van der Waals surface area contributed by atoms with Crippen molar-refractivity contribution in [3.05, 3.63) is 0 Å². The molecule has 2 unspecified atom stereocenters. The molecule has 2 aliphatic rings. The molecule has 0 aromatic rings. The maximum Gasteiger partial charge on any atom is 0.306 e. The quantitative estimate of drug-likeness (QED) is 0.667. The Labute approximate surface area is 79.3 Å². The SMILES string of the molecule is O=C(O)C1CC1C1CCCCCC1. The van der Waals surface area contributed by atoms with Crippen LogP contribution in [0.25, 0.3) is 0 Å². The lowest BCUT2D eigenvalue weighted by molar-refractivity contribution is -0.139. The molecule has 0 saturated heterocycles. The second-order valence-electron chi connectivity index (χ2n) is 4.60. The number of carboxylic acid groups (broad SMARTS) is 1. The maximum absolute atomic E-state index is 10.7. The summed E-state index contributed by atoms with van der Waals surface area (Å²) in [6, 6.07) is 0. The van der Waals surface area contributed by atoms with Gasteiger partial charge in [-0.2, -0.15) is 0 Å². The van der Waals surface area contributed by atoms with Crippen molar-refractivity contribution >= 4 is 5.97 Å². The van der Waals surface area contributed by atoms with Gasteiger partial charge in [0.15, 0.2) is 0 Å². The third-order valence-corrected chi connectivity index (χ3v) is 3.66. The van der Waals surface area contributed by atoms with Gasteiger partial charge in [0.05, 0.1) is 5.92 Å². The molecule has 13 heavy (non-hydrogen) atoms. The summed E-state index contributed by atoms with van der Waals surface area (Å²) in [6.45, 7) is 0. The zero-order valence-electron chi connectivity index (χ0n) is 8.04. The van der Waals surface area contributed by atoms with Crippen LogP contribution < -0.4 is 0 Å². The predicted octanol–water partition coefficient (Wildman–Crippen LogP) is 2.68. The van der Waals surface area contributed by atoms with Crippen molar-refractivity contribution in [2.45, 2.75) is 44.9 Å². The first-order valence-corrected chi connectivity index (χ1v) is 5.52. The molecule has 2 saturated carbocycles. The fourth-order valence-corrected chi connectivity index (χ4v) is 2.76. The fourth-order valence-electron chi connectivity index (χ4n) is 2.76. The molecule has 2 heteroatoms. The van der Waals surface area contributed by atoms with Crippen LogP contribution in [0.2, 0.25) is 0 Å². The minimum absolute atomic E-state index is 0.0168. The summed E-state index contributed by atoms with van der Waals surface area (Å²) in [5, 5.41) is 8.82. The lowest BCUT2D eigenvalue weighted by Crippen LogP contribution is -2.07. The molecule has 2 aliphatic carbocycles. The maximum atomic E-state index is 10.7. The molecular formula is C11H18O2. The zero-order chi connectivity index (χ0) is 9.26. The summed E-state index contributed by atoms with van der Waals surface area (Å²) in [6.07, 6.45) is 8.91. The van der Waals surface area contributed by atoms with Gasteiger partial charge >= 0.3 is 5.97 Å². The van der Waals surface area contributed by atoms with E-state index in [1.54, 1.807) is 0 Å². The average molecular weight is 182 g/mol. The molecule has 0 aromatic heterocycles. The van der Waals surface area contributed by atoms with Crippen LogP contribution in [0.5, 0.6) is 0 Å². The molecule has 74 valence electrons. The van der Waals surface area contributed by atoms with E-state index in [1.807, 2.05) is 0 Å². The first-order chi connectivity index (χ1) is 6.29. The van der Waals surface area contributed by atoms with Crippen LogP contribution in [0, 0.1) is 17.8 Å². The van der Waals surface area contributed by atoms with Crippen LogP contribution in [0.1, 0.15) is 44.9 Å².